The number of nitrogens with zero attached hydrogens (tertiary/aromatic N) is 5. The van der Waals surface area contributed by atoms with E-state index in [1.165, 1.54) is 0 Å². The molecule has 5 N–H and O–H groups in total. The SMILES string of the molecule is Cc1cc(C(=O)Nc2cc(C(=O)Nc3cc(C(=O)Nc4cc(C(=O)NCCC(=O)NCCCN(C)C)n(C)c4)n(C)c3)n(C)c2)n(C)c1. The van der Waals surface area contributed by atoms with Gasteiger partial charge in [-0.2, -0.15) is 0 Å². The molecule has 0 bridgehead atoms. The Morgan fingerprint density at radius 1 is 0.583 bits per heavy atom. The molecule has 0 spiro atoms. The van der Waals surface area contributed by atoms with E-state index >= 15 is 0 Å². The average Bonchev–Trinajstić information content (AvgIpc) is 3.76. The van der Waals surface area contributed by atoms with E-state index in [2.05, 4.69) is 26.6 Å². The number of hydrogen-bond acceptors (Lipinski definition) is 6. The molecular formula is C33H44N10O5. The monoisotopic (exact) mass is 660 g/mol. The molecule has 0 fully saturated rings. The topological polar surface area (TPSA) is 168 Å². The van der Waals surface area contributed by atoms with E-state index in [4.69, 9.17) is 0 Å². The van der Waals surface area contributed by atoms with Crippen molar-refractivity contribution < 1.29 is 24.0 Å². The van der Waals surface area contributed by atoms with Gasteiger partial charge in [0.15, 0.2) is 0 Å². The Balaban J connectivity index is 1.30. The minimum absolute atomic E-state index is 0.136. The molecule has 0 aliphatic heterocycles. The molecule has 0 aliphatic carbocycles. The van der Waals surface area contributed by atoms with E-state index in [0.29, 0.717) is 40.7 Å². The lowest BCUT2D eigenvalue weighted by atomic mass is 10.3. The van der Waals surface area contributed by atoms with E-state index in [-0.39, 0.29) is 36.4 Å². The zero-order valence-corrected chi connectivity index (χ0v) is 28.4. The number of aryl methyl sites for hydroxylation is 5. The highest BCUT2D eigenvalue weighted by Gasteiger charge is 2.20. The maximum Gasteiger partial charge on any atom is 0.272 e. The molecule has 0 aromatic carbocycles. The molecule has 4 heterocycles. The number of nitrogens with one attached hydrogen (secondary N) is 5. The van der Waals surface area contributed by atoms with Crippen molar-refractivity contribution >= 4 is 46.6 Å². The van der Waals surface area contributed by atoms with Crippen molar-refractivity contribution in [2.75, 3.05) is 49.7 Å². The van der Waals surface area contributed by atoms with Gasteiger partial charge in [-0.25, -0.2) is 0 Å². The molecule has 15 heteroatoms. The second-order valence-electron chi connectivity index (χ2n) is 12.1. The van der Waals surface area contributed by atoms with E-state index in [9.17, 15) is 24.0 Å². The first kappa shape index (κ1) is 35.3. The molecule has 4 aromatic heterocycles. The molecule has 256 valence electrons. The van der Waals surface area contributed by atoms with Crippen molar-refractivity contribution in [2.24, 2.45) is 28.2 Å². The Morgan fingerprint density at radius 3 is 1.42 bits per heavy atom. The molecule has 48 heavy (non-hydrogen) atoms. The van der Waals surface area contributed by atoms with Gasteiger partial charge >= 0.3 is 0 Å². The van der Waals surface area contributed by atoms with Crippen LogP contribution in [0.25, 0.3) is 0 Å². The van der Waals surface area contributed by atoms with Crippen LogP contribution in [0.15, 0.2) is 49.1 Å². The summed E-state index contributed by atoms with van der Waals surface area (Å²) >= 11 is 0. The lowest BCUT2D eigenvalue weighted by Crippen LogP contribution is -2.32. The Labute approximate surface area is 279 Å². The summed E-state index contributed by atoms with van der Waals surface area (Å²) in [6.45, 7) is 3.53. The molecule has 0 unspecified atom stereocenters. The van der Waals surface area contributed by atoms with Crippen LogP contribution in [0.2, 0.25) is 0 Å². The van der Waals surface area contributed by atoms with Crippen LogP contribution in [-0.2, 0) is 33.0 Å². The smallest absolute Gasteiger partial charge is 0.272 e. The molecule has 15 nitrogen and oxygen atoms in total. The summed E-state index contributed by atoms with van der Waals surface area (Å²) in [5.41, 5.74) is 3.61. The van der Waals surface area contributed by atoms with Crippen LogP contribution >= 0.6 is 0 Å². The standard InChI is InChI=1S/C33H44N10O5/c1-21-13-25(40(4)17-21)31(46)36-23-15-27(42(6)19-23)33(48)38-24-16-28(43(7)20-24)32(47)37-22-14-26(41(5)18-22)30(45)35-11-9-29(44)34-10-8-12-39(2)3/h13-20H,8-12H2,1-7H3,(H,34,44)(H,35,45)(H,36,46)(H,37,47)(H,38,48). The second kappa shape index (κ2) is 15.3. The van der Waals surface area contributed by atoms with E-state index in [1.54, 1.807) is 89.3 Å². The fourth-order valence-corrected chi connectivity index (χ4v) is 5.21. The maximum atomic E-state index is 13.1. The van der Waals surface area contributed by atoms with Crippen LogP contribution in [0.1, 0.15) is 60.4 Å². The summed E-state index contributed by atoms with van der Waals surface area (Å²) < 4.78 is 6.49. The third-order valence-corrected chi connectivity index (χ3v) is 7.60. The Bertz CT molecular complexity index is 1820. The summed E-state index contributed by atoms with van der Waals surface area (Å²) in [5, 5.41) is 14.0. The zero-order valence-electron chi connectivity index (χ0n) is 28.4. The molecule has 0 radical (unpaired) electrons. The maximum absolute atomic E-state index is 13.1. The van der Waals surface area contributed by atoms with Crippen LogP contribution in [0.5, 0.6) is 0 Å². The fraction of sp³-hybridized carbons (Fsp3) is 0.364. The zero-order chi connectivity index (χ0) is 35.1. The number of rotatable bonds is 14. The highest BCUT2D eigenvalue weighted by Crippen LogP contribution is 2.20. The molecule has 4 rings (SSSR count). The Morgan fingerprint density at radius 2 is 1.00 bits per heavy atom. The van der Waals surface area contributed by atoms with Crippen LogP contribution in [0.3, 0.4) is 0 Å². The molecular weight excluding hydrogens is 616 g/mol. The minimum atomic E-state index is -0.443. The fourth-order valence-electron chi connectivity index (χ4n) is 5.21. The summed E-state index contributed by atoms with van der Waals surface area (Å²) in [7, 11) is 10.8. The first-order valence-corrected chi connectivity index (χ1v) is 15.5. The van der Waals surface area contributed by atoms with E-state index in [1.807, 2.05) is 32.1 Å². The third kappa shape index (κ3) is 9.03. The average molecular weight is 661 g/mol. The van der Waals surface area contributed by atoms with Crippen molar-refractivity contribution in [2.45, 2.75) is 19.8 Å². The number of anilines is 3. The normalized spacial score (nSPS) is 11.0. The van der Waals surface area contributed by atoms with Crippen LogP contribution in [-0.4, -0.2) is 86.4 Å². The van der Waals surface area contributed by atoms with Gasteiger partial charge in [0.1, 0.15) is 22.8 Å². The van der Waals surface area contributed by atoms with Gasteiger partial charge in [0, 0.05) is 72.5 Å². The highest BCUT2D eigenvalue weighted by atomic mass is 16.2. The van der Waals surface area contributed by atoms with Gasteiger partial charge in [-0.3, -0.25) is 24.0 Å². The molecule has 4 aromatic rings. The van der Waals surface area contributed by atoms with Crippen molar-refractivity contribution in [3.8, 4) is 0 Å². The number of hydrogen-bond donors (Lipinski definition) is 5. The lowest BCUT2D eigenvalue weighted by Gasteiger charge is -2.10. The van der Waals surface area contributed by atoms with Gasteiger partial charge in [0.2, 0.25) is 5.91 Å². The van der Waals surface area contributed by atoms with Gasteiger partial charge in [-0.1, -0.05) is 0 Å². The van der Waals surface area contributed by atoms with Crippen molar-refractivity contribution in [3.05, 3.63) is 77.4 Å². The number of carbonyl (C=O) groups excluding carboxylic acids is 5. The lowest BCUT2D eigenvalue weighted by molar-refractivity contribution is -0.120. The quantitative estimate of drug-likeness (QED) is 0.130. The van der Waals surface area contributed by atoms with Gasteiger partial charge in [-0.15, -0.1) is 0 Å². The van der Waals surface area contributed by atoms with Crippen LogP contribution < -0.4 is 26.6 Å². The summed E-state index contributed by atoms with van der Waals surface area (Å²) in [6, 6.07) is 6.44. The Hall–Kier alpha value is -5.57. The summed E-state index contributed by atoms with van der Waals surface area (Å²) in [5.74, 6) is -1.67. The largest absolute Gasteiger partial charge is 0.356 e. The number of carbonyl (C=O) groups is 5. The van der Waals surface area contributed by atoms with Gasteiger partial charge in [-0.05, 0) is 63.8 Å². The van der Waals surface area contributed by atoms with Crippen molar-refractivity contribution in [1.82, 2.24) is 33.8 Å². The second-order valence-corrected chi connectivity index (χ2v) is 12.1. The predicted molar refractivity (Wildman–Crippen MR) is 183 cm³/mol. The molecule has 0 saturated carbocycles. The molecule has 0 saturated heterocycles. The van der Waals surface area contributed by atoms with Gasteiger partial charge in [0.25, 0.3) is 23.6 Å². The summed E-state index contributed by atoms with van der Waals surface area (Å²) in [4.78, 5) is 65.8. The summed E-state index contributed by atoms with van der Waals surface area (Å²) in [6.07, 6.45) is 7.72. The molecule has 0 atom stereocenters. The predicted octanol–water partition coefficient (Wildman–Crippen LogP) is 2.29. The first-order valence-electron chi connectivity index (χ1n) is 15.5. The van der Waals surface area contributed by atoms with Crippen molar-refractivity contribution in [3.63, 3.8) is 0 Å². The minimum Gasteiger partial charge on any atom is -0.356 e. The van der Waals surface area contributed by atoms with E-state index < -0.39 is 11.8 Å². The Kier molecular flexibility index (Phi) is 11.3. The van der Waals surface area contributed by atoms with Crippen molar-refractivity contribution in [1.29, 1.82) is 0 Å². The molecule has 0 aliphatic rings. The van der Waals surface area contributed by atoms with Crippen LogP contribution in [0.4, 0.5) is 17.1 Å². The number of amides is 5. The van der Waals surface area contributed by atoms with E-state index in [0.717, 1.165) is 18.5 Å². The van der Waals surface area contributed by atoms with Gasteiger partial charge in [0.05, 0.1) is 17.1 Å². The molecule has 5 amide bonds. The van der Waals surface area contributed by atoms with Gasteiger partial charge < -0.3 is 49.8 Å². The highest BCUT2D eigenvalue weighted by molar-refractivity contribution is 6.08. The van der Waals surface area contributed by atoms with Crippen LogP contribution in [0, 0.1) is 6.92 Å². The third-order valence-electron chi connectivity index (χ3n) is 7.60. The first-order chi connectivity index (χ1) is 22.7. The number of aromatic nitrogens is 4.